The van der Waals surface area contributed by atoms with Gasteiger partial charge in [-0.15, -0.1) is 0 Å². The van der Waals surface area contributed by atoms with Crippen LogP contribution in [0.2, 0.25) is 0 Å². The summed E-state index contributed by atoms with van der Waals surface area (Å²) in [6.07, 6.45) is -2.08. The van der Waals surface area contributed by atoms with Gasteiger partial charge in [0, 0.05) is 18.7 Å². The molecule has 2 aromatic carbocycles. The number of benzene rings is 2. The Morgan fingerprint density at radius 2 is 1.58 bits per heavy atom. The van der Waals surface area contributed by atoms with Crippen LogP contribution in [0.15, 0.2) is 48.5 Å². The van der Waals surface area contributed by atoms with Gasteiger partial charge in [0.25, 0.3) is 5.91 Å². The summed E-state index contributed by atoms with van der Waals surface area (Å²) in [5.74, 6) is -2.01. The number of rotatable bonds is 13. The molecule has 1 heterocycles. The predicted octanol–water partition coefficient (Wildman–Crippen LogP) is 3.90. The van der Waals surface area contributed by atoms with Crippen molar-refractivity contribution >= 4 is 11.9 Å². The molecule has 8 nitrogen and oxygen atoms in total. The van der Waals surface area contributed by atoms with Gasteiger partial charge < -0.3 is 25.2 Å². The van der Waals surface area contributed by atoms with Gasteiger partial charge in [-0.25, -0.2) is 13.8 Å². The maximum absolute atomic E-state index is 13.6. The molecule has 0 radical (unpaired) electrons. The van der Waals surface area contributed by atoms with Gasteiger partial charge in [-0.2, -0.15) is 0 Å². The molecule has 1 aromatic heterocycles. The summed E-state index contributed by atoms with van der Waals surface area (Å²) in [5, 5.41) is 32.0. The van der Waals surface area contributed by atoms with Crippen molar-refractivity contribution < 1.29 is 33.7 Å². The van der Waals surface area contributed by atoms with E-state index in [-0.39, 0.29) is 36.8 Å². The van der Waals surface area contributed by atoms with Crippen LogP contribution in [-0.2, 0) is 17.8 Å². The second-order valence-corrected chi connectivity index (χ2v) is 9.54. The maximum Gasteiger partial charge on any atom is 0.305 e. The average Bonchev–Trinajstić information content (AvgIpc) is 3.24. The Morgan fingerprint density at radius 3 is 2.16 bits per heavy atom. The molecular formula is C28H33F2N3O5. The highest BCUT2D eigenvalue weighted by molar-refractivity contribution is 5.94. The van der Waals surface area contributed by atoms with E-state index in [9.17, 15) is 28.6 Å². The Bertz CT molecular complexity index is 1230. The predicted molar refractivity (Wildman–Crippen MR) is 138 cm³/mol. The zero-order valence-electron chi connectivity index (χ0n) is 21.4. The third-order valence-electron chi connectivity index (χ3n) is 6.12. The minimum atomic E-state index is -1.19. The number of aliphatic hydroxyl groups excluding tert-OH is 2. The van der Waals surface area contributed by atoms with Crippen LogP contribution in [0.1, 0.15) is 60.8 Å². The highest BCUT2D eigenvalue weighted by Crippen LogP contribution is 2.29. The van der Waals surface area contributed by atoms with Crippen LogP contribution < -0.4 is 5.32 Å². The molecule has 4 N–H and O–H groups in total. The van der Waals surface area contributed by atoms with Gasteiger partial charge in [0.15, 0.2) is 0 Å². The number of aliphatic carboxylic acids is 1. The van der Waals surface area contributed by atoms with Crippen LogP contribution in [0.5, 0.6) is 0 Å². The van der Waals surface area contributed by atoms with Crippen LogP contribution in [-0.4, -0.2) is 55.5 Å². The third kappa shape index (κ3) is 7.93. The smallest absolute Gasteiger partial charge is 0.305 e. The Kier molecular flexibility index (Phi) is 10.1. The van der Waals surface area contributed by atoms with Crippen LogP contribution in [0.3, 0.4) is 0 Å². The number of carboxylic acids is 1. The molecule has 0 fully saturated rings. The molecule has 0 bridgehead atoms. The van der Waals surface area contributed by atoms with Crippen molar-refractivity contribution in [3.8, 4) is 11.4 Å². The van der Waals surface area contributed by atoms with Gasteiger partial charge in [0.1, 0.15) is 23.2 Å². The molecule has 0 saturated heterocycles. The number of amides is 1. The first-order valence-electron chi connectivity index (χ1n) is 12.5. The van der Waals surface area contributed by atoms with Crippen molar-refractivity contribution in [2.75, 3.05) is 6.54 Å². The number of halogens is 2. The van der Waals surface area contributed by atoms with E-state index < -0.39 is 36.3 Å². The van der Waals surface area contributed by atoms with Crippen molar-refractivity contribution in [3.05, 3.63) is 77.1 Å². The fourth-order valence-electron chi connectivity index (χ4n) is 4.31. The number of nitrogens with one attached hydrogen (secondary N) is 1. The number of aliphatic hydroxyl groups is 2. The lowest BCUT2D eigenvalue weighted by Crippen LogP contribution is -2.27. The number of hydrogen-bond donors (Lipinski definition) is 4. The lowest BCUT2D eigenvalue weighted by Gasteiger charge is -2.19. The van der Waals surface area contributed by atoms with E-state index in [1.165, 1.54) is 24.3 Å². The summed E-state index contributed by atoms with van der Waals surface area (Å²) >= 11 is 0. The molecule has 0 aliphatic rings. The zero-order chi connectivity index (χ0) is 27.8. The van der Waals surface area contributed by atoms with Crippen molar-refractivity contribution in [2.45, 2.75) is 64.2 Å². The van der Waals surface area contributed by atoms with Crippen molar-refractivity contribution in [1.82, 2.24) is 14.9 Å². The first-order valence-corrected chi connectivity index (χ1v) is 12.5. The maximum atomic E-state index is 13.6. The molecular weight excluding hydrogens is 496 g/mol. The fourth-order valence-corrected chi connectivity index (χ4v) is 4.31. The van der Waals surface area contributed by atoms with Gasteiger partial charge >= 0.3 is 5.97 Å². The minimum Gasteiger partial charge on any atom is -0.481 e. The van der Waals surface area contributed by atoms with Crippen molar-refractivity contribution in [1.29, 1.82) is 0 Å². The van der Waals surface area contributed by atoms with Crippen LogP contribution in [0, 0.1) is 11.6 Å². The number of imidazole rings is 1. The molecule has 0 aliphatic carbocycles. The number of hydrogen-bond acceptors (Lipinski definition) is 5. The third-order valence-corrected chi connectivity index (χ3v) is 6.12. The van der Waals surface area contributed by atoms with E-state index >= 15 is 0 Å². The number of carbonyl (C=O) groups excluding carboxylic acids is 1. The summed E-state index contributed by atoms with van der Waals surface area (Å²) in [5.41, 5.74) is 2.28. The number of carboxylic acid groups (broad SMARTS) is 1. The molecule has 204 valence electrons. The molecule has 10 heteroatoms. The molecule has 0 unspecified atom stereocenters. The van der Waals surface area contributed by atoms with Gasteiger partial charge in [0.05, 0.1) is 24.3 Å². The van der Waals surface area contributed by atoms with Crippen molar-refractivity contribution in [3.63, 3.8) is 0 Å². The molecule has 0 saturated carbocycles. The quantitative estimate of drug-likeness (QED) is 0.266. The Morgan fingerprint density at radius 1 is 0.974 bits per heavy atom. The monoisotopic (exact) mass is 529 g/mol. The van der Waals surface area contributed by atoms with E-state index in [2.05, 4.69) is 10.3 Å². The highest BCUT2D eigenvalue weighted by atomic mass is 19.1. The Balaban J connectivity index is 1.85. The number of nitrogens with zero attached hydrogens (tertiary/aromatic N) is 2. The second kappa shape index (κ2) is 13.3. The molecule has 1 amide bonds. The van der Waals surface area contributed by atoms with E-state index in [0.29, 0.717) is 30.0 Å². The fraction of sp³-hybridized carbons (Fsp3) is 0.393. The Labute approximate surface area is 220 Å². The van der Waals surface area contributed by atoms with Gasteiger partial charge in [0.2, 0.25) is 0 Å². The van der Waals surface area contributed by atoms with Crippen LogP contribution >= 0.6 is 0 Å². The zero-order valence-corrected chi connectivity index (χ0v) is 21.4. The molecule has 2 atom stereocenters. The van der Waals surface area contributed by atoms with Crippen LogP contribution in [0.4, 0.5) is 8.78 Å². The lowest BCUT2D eigenvalue weighted by atomic mass is 10.0. The first kappa shape index (κ1) is 28.9. The van der Waals surface area contributed by atoms with E-state index in [1.54, 1.807) is 28.8 Å². The molecule has 3 aromatic rings. The SMILES string of the molecule is CC(C)c1c(C(=O)NCCc2ccc(F)cc2)nc(-c2ccc(F)cc2)n1CC[C@@H](O)C[C@@H](O)CC(=O)O. The lowest BCUT2D eigenvalue weighted by molar-refractivity contribution is -0.139. The van der Waals surface area contributed by atoms with Crippen LogP contribution in [0.25, 0.3) is 11.4 Å². The van der Waals surface area contributed by atoms with E-state index in [0.717, 1.165) is 5.56 Å². The normalized spacial score (nSPS) is 12.9. The Hall–Kier alpha value is -3.63. The largest absolute Gasteiger partial charge is 0.481 e. The van der Waals surface area contributed by atoms with Gasteiger partial charge in [-0.05, 0) is 67.1 Å². The van der Waals surface area contributed by atoms with E-state index in [4.69, 9.17) is 5.11 Å². The number of aromatic nitrogens is 2. The molecule has 38 heavy (non-hydrogen) atoms. The molecule has 3 rings (SSSR count). The summed E-state index contributed by atoms with van der Waals surface area (Å²) in [6.45, 7) is 4.35. The molecule has 0 spiro atoms. The first-order chi connectivity index (χ1) is 18.0. The standard InChI is InChI=1S/C28H33F2N3O5/c1-17(2)26-25(28(38)31-13-11-18-3-7-20(29)8-4-18)32-27(19-5-9-21(30)10-6-19)33(26)14-12-22(34)15-23(35)16-24(36)37/h3-10,17,22-23,34-35H,11-16H2,1-2H3,(H,31,38)(H,36,37)/t22-,23-/m1/s1. The second-order valence-electron chi connectivity index (χ2n) is 9.54. The van der Waals surface area contributed by atoms with Gasteiger partial charge in [-0.1, -0.05) is 26.0 Å². The number of carbonyl (C=O) groups is 2. The molecule has 0 aliphatic heterocycles. The van der Waals surface area contributed by atoms with E-state index in [1.807, 2.05) is 13.8 Å². The summed E-state index contributed by atoms with van der Waals surface area (Å²) in [4.78, 5) is 28.6. The summed E-state index contributed by atoms with van der Waals surface area (Å²) in [7, 11) is 0. The van der Waals surface area contributed by atoms with Gasteiger partial charge in [-0.3, -0.25) is 9.59 Å². The minimum absolute atomic E-state index is 0.110. The summed E-state index contributed by atoms with van der Waals surface area (Å²) < 4.78 is 28.6. The highest BCUT2D eigenvalue weighted by Gasteiger charge is 2.26. The van der Waals surface area contributed by atoms with Crippen molar-refractivity contribution in [2.24, 2.45) is 0 Å². The topological polar surface area (TPSA) is 125 Å². The average molecular weight is 530 g/mol. The summed E-state index contributed by atoms with van der Waals surface area (Å²) in [6, 6.07) is 11.7.